The molecule has 0 aliphatic heterocycles. The van der Waals surface area contributed by atoms with Crippen LogP contribution in [0.3, 0.4) is 0 Å². The molecule has 0 atom stereocenters. The number of aryl methyl sites for hydroxylation is 1. The Labute approximate surface area is 98.2 Å². The number of nitrogens with one attached hydrogen (secondary N) is 1. The Morgan fingerprint density at radius 3 is 2.62 bits per heavy atom. The molecular formula is C13H23N3. The van der Waals surface area contributed by atoms with Crippen LogP contribution in [-0.4, -0.2) is 16.3 Å². The second kappa shape index (κ2) is 5.00. The van der Waals surface area contributed by atoms with Gasteiger partial charge < -0.3 is 5.32 Å². The highest BCUT2D eigenvalue weighted by Gasteiger charge is 2.21. The summed E-state index contributed by atoms with van der Waals surface area (Å²) < 4.78 is 2.27. The van der Waals surface area contributed by atoms with Crippen molar-refractivity contribution in [2.45, 2.75) is 59.0 Å². The van der Waals surface area contributed by atoms with Crippen LogP contribution in [0.25, 0.3) is 0 Å². The number of nitrogens with zero attached hydrogens (tertiary/aromatic N) is 2. The van der Waals surface area contributed by atoms with Crippen LogP contribution in [0.2, 0.25) is 0 Å². The van der Waals surface area contributed by atoms with Crippen LogP contribution >= 0.6 is 0 Å². The molecule has 0 saturated heterocycles. The second-order valence-corrected chi connectivity index (χ2v) is 4.81. The van der Waals surface area contributed by atoms with Gasteiger partial charge in [-0.1, -0.05) is 19.8 Å². The molecule has 0 aromatic carbocycles. The van der Waals surface area contributed by atoms with Crippen LogP contribution in [0.5, 0.6) is 0 Å². The van der Waals surface area contributed by atoms with Crippen molar-refractivity contribution < 1.29 is 0 Å². The van der Waals surface area contributed by atoms with E-state index >= 15 is 0 Å². The lowest BCUT2D eigenvalue weighted by Crippen LogP contribution is -2.14. The van der Waals surface area contributed by atoms with Crippen molar-refractivity contribution in [2.75, 3.05) is 6.54 Å². The zero-order valence-electron chi connectivity index (χ0n) is 10.7. The fraction of sp³-hybridized carbons (Fsp3) is 0.769. The fourth-order valence-electron chi connectivity index (χ4n) is 2.71. The van der Waals surface area contributed by atoms with Crippen molar-refractivity contribution in [1.82, 2.24) is 15.1 Å². The van der Waals surface area contributed by atoms with E-state index in [1.807, 2.05) is 0 Å². The van der Waals surface area contributed by atoms with Crippen molar-refractivity contribution in [3.8, 4) is 0 Å². The van der Waals surface area contributed by atoms with Crippen LogP contribution in [0, 0.1) is 13.8 Å². The van der Waals surface area contributed by atoms with Crippen LogP contribution < -0.4 is 5.32 Å². The quantitative estimate of drug-likeness (QED) is 0.847. The Morgan fingerprint density at radius 1 is 1.31 bits per heavy atom. The Bertz CT molecular complexity index is 348. The molecule has 1 fully saturated rings. The molecule has 0 amide bonds. The van der Waals surface area contributed by atoms with Gasteiger partial charge in [0.25, 0.3) is 0 Å². The highest BCUT2D eigenvalue weighted by Crippen LogP contribution is 2.31. The third-order valence-electron chi connectivity index (χ3n) is 3.70. The summed E-state index contributed by atoms with van der Waals surface area (Å²) >= 11 is 0. The molecule has 0 spiro atoms. The topological polar surface area (TPSA) is 29.9 Å². The van der Waals surface area contributed by atoms with Gasteiger partial charge in [-0.3, -0.25) is 4.68 Å². The summed E-state index contributed by atoms with van der Waals surface area (Å²) in [5.74, 6) is 0. The van der Waals surface area contributed by atoms with E-state index in [4.69, 9.17) is 5.10 Å². The van der Waals surface area contributed by atoms with Gasteiger partial charge in [-0.05, 0) is 33.2 Å². The summed E-state index contributed by atoms with van der Waals surface area (Å²) in [6, 6.07) is 0.661. The molecular weight excluding hydrogens is 198 g/mol. The highest BCUT2D eigenvalue weighted by atomic mass is 15.3. The van der Waals surface area contributed by atoms with E-state index < -0.39 is 0 Å². The van der Waals surface area contributed by atoms with Crippen LogP contribution in [0.1, 0.15) is 55.6 Å². The lowest BCUT2D eigenvalue weighted by molar-refractivity contribution is 0.454. The van der Waals surface area contributed by atoms with E-state index in [9.17, 15) is 0 Å². The largest absolute Gasteiger partial charge is 0.313 e. The molecule has 0 unspecified atom stereocenters. The SMILES string of the molecule is CCNCc1c(C)nn(C2CCCC2)c1C. The van der Waals surface area contributed by atoms with Gasteiger partial charge in [0.15, 0.2) is 0 Å². The molecule has 3 nitrogen and oxygen atoms in total. The molecule has 1 heterocycles. The summed E-state index contributed by atoms with van der Waals surface area (Å²) in [4.78, 5) is 0. The number of hydrogen-bond donors (Lipinski definition) is 1. The van der Waals surface area contributed by atoms with E-state index in [1.165, 1.54) is 42.6 Å². The maximum atomic E-state index is 4.72. The molecule has 1 aliphatic carbocycles. The summed E-state index contributed by atoms with van der Waals surface area (Å²) in [7, 11) is 0. The third kappa shape index (κ3) is 2.14. The first-order valence-corrected chi connectivity index (χ1v) is 6.49. The van der Waals surface area contributed by atoms with E-state index in [2.05, 4.69) is 30.8 Å². The van der Waals surface area contributed by atoms with Crippen molar-refractivity contribution >= 4 is 0 Å². The molecule has 16 heavy (non-hydrogen) atoms. The highest BCUT2D eigenvalue weighted by molar-refractivity contribution is 5.24. The molecule has 2 rings (SSSR count). The minimum atomic E-state index is 0.661. The average molecular weight is 221 g/mol. The third-order valence-corrected chi connectivity index (χ3v) is 3.70. The van der Waals surface area contributed by atoms with Crippen LogP contribution in [0.15, 0.2) is 0 Å². The maximum absolute atomic E-state index is 4.72. The number of hydrogen-bond acceptors (Lipinski definition) is 2. The van der Waals surface area contributed by atoms with Gasteiger partial charge >= 0.3 is 0 Å². The van der Waals surface area contributed by atoms with Crippen molar-refractivity contribution in [1.29, 1.82) is 0 Å². The van der Waals surface area contributed by atoms with Crippen molar-refractivity contribution in [2.24, 2.45) is 0 Å². The smallest absolute Gasteiger partial charge is 0.0641 e. The summed E-state index contributed by atoms with van der Waals surface area (Å²) in [5, 5.41) is 8.12. The molecule has 90 valence electrons. The Hall–Kier alpha value is -0.830. The van der Waals surface area contributed by atoms with Gasteiger partial charge in [0.1, 0.15) is 0 Å². The molecule has 1 aromatic heterocycles. The normalized spacial score (nSPS) is 17.2. The first kappa shape index (κ1) is 11.6. The summed E-state index contributed by atoms with van der Waals surface area (Å²) in [6.07, 6.45) is 5.35. The first-order valence-electron chi connectivity index (χ1n) is 6.49. The second-order valence-electron chi connectivity index (χ2n) is 4.81. The van der Waals surface area contributed by atoms with E-state index in [1.54, 1.807) is 0 Å². The van der Waals surface area contributed by atoms with Gasteiger partial charge in [0.2, 0.25) is 0 Å². The monoisotopic (exact) mass is 221 g/mol. The molecule has 1 saturated carbocycles. The Kier molecular flexibility index (Phi) is 3.64. The zero-order valence-corrected chi connectivity index (χ0v) is 10.7. The fourth-order valence-corrected chi connectivity index (χ4v) is 2.71. The summed E-state index contributed by atoms with van der Waals surface area (Å²) in [5.41, 5.74) is 3.96. The molecule has 0 bridgehead atoms. The van der Waals surface area contributed by atoms with E-state index in [0.717, 1.165) is 13.1 Å². The van der Waals surface area contributed by atoms with Gasteiger partial charge in [0, 0.05) is 17.8 Å². The van der Waals surface area contributed by atoms with Gasteiger partial charge in [-0.2, -0.15) is 5.10 Å². The van der Waals surface area contributed by atoms with E-state index in [0.29, 0.717) is 6.04 Å². The molecule has 1 aliphatic rings. The lowest BCUT2D eigenvalue weighted by Gasteiger charge is -2.12. The number of rotatable bonds is 4. The minimum absolute atomic E-state index is 0.661. The lowest BCUT2D eigenvalue weighted by atomic mass is 10.2. The maximum Gasteiger partial charge on any atom is 0.0641 e. The van der Waals surface area contributed by atoms with Gasteiger partial charge in [-0.15, -0.1) is 0 Å². The number of aromatic nitrogens is 2. The van der Waals surface area contributed by atoms with Crippen molar-refractivity contribution in [3.05, 3.63) is 17.0 Å². The Morgan fingerprint density at radius 2 is 2.00 bits per heavy atom. The molecule has 0 radical (unpaired) electrons. The molecule has 3 heteroatoms. The van der Waals surface area contributed by atoms with Crippen molar-refractivity contribution in [3.63, 3.8) is 0 Å². The first-order chi connectivity index (χ1) is 7.74. The molecule has 1 aromatic rings. The zero-order chi connectivity index (χ0) is 11.5. The Balaban J connectivity index is 2.19. The standard InChI is InChI=1S/C13H23N3/c1-4-14-9-13-10(2)15-16(11(13)3)12-7-5-6-8-12/h12,14H,4-9H2,1-3H3. The van der Waals surface area contributed by atoms with E-state index in [-0.39, 0.29) is 0 Å². The predicted molar refractivity (Wildman–Crippen MR) is 66.6 cm³/mol. The van der Waals surface area contributed by atoms with Gasteiger partial charge in [-0.25, -0.2) is 0 Å². The average Bonchev–Trinajstić information content (AvgIpc) is 2.86. The predicted octanol–water partition coefficient (Wildman–Crippen LogP) is 2.72. The minimum Gasteiger partial charge on any atom is -0.313 e. The molecule has 1 N–H and O–H groups in total. The van der Waals surface area contributed by atoms with Crippen LogP contribution in [0.4, 0.5) is 0 Å². The summed E-state index contributed by atoms with van der Waals surface area (Å²) in [6.45, 7) is 8.47. The van der Waals surface area contributed by atoms with Gasteiger partial charge in [0.05, 0.1) is 11.7 Å². The van der Waals surface area contributed by atoms with Crippen LogP contribution in [-0.2, 0) is 6.54 Å².